The number of rotatable bonds is 3. The molecule has 4 rings (SSSR count). The Hall–Kier alpha value is -2.06. The maximum absolute atomic E-state index is 12.1. The van der Waals surface area contributed by atoms with Gasteiger partial charge in [-0.2, -0.15) is 0 Å². The van der Waals surface area contributed by atoms with Crippen molar-refractivity contribution in [2.75, 3.05) is 18.8 Å². The first-order valence-corrected chi connectivity index (χ1v) is 9.25. The molecule has 1 atom stereocenters. The zero-order chi connectivity index (χ0) is 16.0. The molecule has 0 spiro atoms. The average Bonchev–Trinajstić information content (AvgIpc) is 3.23. The van der Waals surface area contributed by atoms with Crippen LogP contribution in [0.2, 0.25) is 0 Å². The number of nitrogens with zero attached hydrogens (tertiary/aromatic N) is 4. The standard InChI is InChI=1S/C15H17N5O2S/c1-2-23(21,22)20-6-4-10(8-20)14-13-11-3-5-16-15(11)17-7-12(13)18-9-19-14/h3,5,7,9-10H,2,4,6,8H2,1H3,(H,16,17). The third-order valence-corrected chi connectivity index (χ3v) is 6.36. The Kier molecular flexibility index (Phi) is 3.31. The molecule has 1 fully saturated rings. The highest BCUT2D eigenvalue weighted by molar-refractivity contribution is 7.89. The van der Waals surface area contributed by atoms with Gasteiger partial charge in [0.1, 0.15) is 12.0 Å². The number of H-pyrrole nitrogens is 1. The van der Waals surface area contributed by atoms with Gasteiger partial charge < -0.3 is 4.98 Å². The summed E-state index contributed by atoms with van der Waals surface area (Å²) in [6.07, 6.45) is 5.89. The smallest absolute Gasteiger partial charge is 0.213 e. The van der Waals surface area contributed by atoms with Gasteiger partial charge in [0.25, 0.3) is 0 Å². The van der Waals surface area contributed by atoms with E-state index in [9.17, 15) is 8.42 Å². The van der Waals surface area contributed by atoms with Crippen molar-refractivity contribution in [2.24, 2.45) is 0 Å². The molecule has 1 saturated heterocycles. The number of aromatic nitrogens is 4. The maximum atomic E-state index is 12.1. The van der Waals surface area contributed by atoms with Crippen LogP contribution in [0.3, 0.4) is 0 Å². The Morgan fingerprint density at radius 2 is 2.22 bits per heavy atom. The van der Waals surface area contributed by atoms with Crippen molar-refractivity contribution < 1.29 is 8.42 Å². The van der Waals surface area contributed by atoms with Crippen molar-refractivity contribution in [1.82, 2.24) is 24.2 Å². The molecule has 0 aliphatic carbocycles. The van der Waals surface area contributed by atoms with Crippen molar-refractivity contribution in [3.05, 3.63) is 30.5 Å². The second-order valence-corrected chi connectivity index (χ2v) is 8.02. The van der Waals surface area contributed by atoms with Crippen LogP contribution in [-0.4, -0.2) is 51.5 Å². The molecule has 7 nitrogen and oxygen atoms in total. The second-order valence-electron chi connectivity index (χ2n) is 5.76. The summed E-state index contributed by atoms with van der Waals surface area (Å²) < 4.78 is 25.8. The highest BCUT2D eigenvalue weighted by Crippen LogP contribution is 2.34. The van der Waals surface area contributed by atoms with Crippen molar-refractivity contribution in [3.63, 3.8) is 0 Å². The Bertz CT molecular complexity index is 982. The fourth-order valence-electron chi connectivity index (χ4n) is 3.28. The topological polar surface area (TPSA) is 91.8 Å². The Morgan fingerprint density at radius 3 is 3.04 bits per heavy atom. The minimum atomic E-state index is -3.15. The molecule has 23 heavy (non-hydrogen) atoms. The Morgan fingerprint density at radius 1 is 1.35 bits per heavy atom. The lowest BCUT2D eigenvalue weighted by Crippen LogP contribution is -2.30. The Labute approximate surface area is 133 Å². The summed E-state index contributed by atoms with van der Waals surface area (Å²) in [7, 11) is -3.15. The fraction of sp³-hybridized carbons (Fsp3) is 0.400. The third-order valence-electron chi connectivity index (χ3n) is 4.51. The fourth-order valence-corrected chi connectivity index (χ4v) is 4.43. The van der Waals surface area contributed by atoms with E-state index in [1.165, 1.54) is 6.33 Å². The van der Waals surface area contributed by atoms with E-state index in [4.69, 9.17) is 0 Å². The number of hydrogen-bond acceptors (Lipinski definition) is 5. The summed E-state index contributed by atoms with van der Waals surface area (Å²) in [5.41, 5.74) is 2.50. The maximum Gasteiger partial charge on any atom is 0.213 e. The van der Waals surface area contributed by atoms with Gasteiger partial charge in [-0.05, 0) is 19.4 Å². The van der Waals surface area contributed by atoms with Gasteiger partial charge in [-0.25, -0.2) is 27.7 Å². The van der Waals surface area contributed by atoms with Gasteiger partial charge in [-0.15, -0.1) is 0 Å². The lowest BCUT2D eigenvalue weighted by molar-refractivity contribution is 0.473. The molecule has 120 valence electrons. The van der Waals surface area contributed by atoms with Crippen LogP contribution in [0, 0.1) is 0 Å². The van der Waals surface area contributed by atoms with E-state index < -0.39 is 10.0 Å². The zero-order valence-corrected chi connectivity index (χ0v) is 13.5. The van der Waals surface area contributed by atoms with E-state index in [1.807, 2.05) is 12.3 Å². The number of hydrogen-bond donors (Lipinski definition) is 1. The number of pyridine rings is 1. The SMILES string of the molecule is CCS(=O)(=O)N1CCC(c2ncnc3cnc4[nH]ccc4c23)C1. The quantitative estimate of drug-likeness (QED) is 0.788. The molecule has 3 aromatic heterocycles. The number of sulfonamides is 1. The number of nitrogens with one attached hydrogen (secondary N) is 1. The highest BCUT2D eigenvalue weighted by atomic mass is 32.2. The minimum absolute atomic E-state index is 0.0855. The van der Waals surface area contributed by atoms with Gasteiger partial charge in [0.2, 0.25) is 10.0 Å². The molecule has 1 N–H and O–H groups in total. The Balaban J connectivity index is 1.82. The van der Waals surface area contributed by atoms with E-state index in [1.54, 1.807) is 17.4 Å². The lowest BCUT2D eigenvalue weighted by atomic mass is 9.99. The normalized spacial score (nSPS) is 19.8. The molecule has 0 aromatic carbocycles. The zero-order valence-electron chi connectivity index (χ0n) is 12.7. The first-order valence-electron chi connectivity index (χ1n) is 7.64. The number of aromatic amines is 1. The largest absolute Gasteiger partial charge is 0.346 e. The summed E-state index contributed by atoms with van der Waals surface area (Å²) in [5, 5.41) is 1.95. The molecule has 0 bridgehead atoms. The summed E-state index contributed by atoms with van der Waals surface area (Å²) in [6, 6.07) is 1.97. The first-order chi connectivity index (χ1) is 11.1. The molecule has 1 unspecified atom stereocenters. The van der Waals surface area contributed by atoms with Crippen LogP contribution in [0.25, 0.3) is 21.9 Å². The lowest BCUT2D eigenvalue weighted by Gasteiger charge is -2.16. The number of fused-ring (bicyclic) bond motifs is 3. The molecule has 1 aliphatic rings. The van der Waals surface area contributed by atoms with Crippen LogP contribution >= 0.6 is 0 Å². The van der Waals surface area contributed by atoms with Crippen LogP contribution in [0.5, 0.6) is 0 Å². The first kappa shape index (κ1) is 14.5. The van der Waals surface area contributed by atoms with Crippen LogP contribution < -0.4 is 0 Å². The molecule has 0 radical (unpaired) electrons. The van der Waals surface area contributed by atoms with Gasteiger partial charge in [-0.1, -0.05) is 0 Å². The van der Waals surface area contributed by atoms with Crippen molar-refractivity contribution in [2.45, 2.75) is 19.3 Å². The van der Waals surface area contributed by atoms with E-state index in [0.29, 0.717) is 13.1 Å². The molecule has 8 heteroatoms. The van der Waals surface area contributed by atoms with Gasteiger partial charge in [0, 0.05) is 36.0 Å². The molecular formula is C15H17N5O2S. The average molecular weight is 331 g/mol. The van der Waals surface area contributed by atoms with Gasteiger partial charge in [0.05, 0.1) is 23.2 Å². The summed E-state index contributed by atoms with van der Waals surface area (Å²) in [4.78, 5) is 16.2. The van der Waals surface area contributed by atoms with E-state index >= 15 is 0 Å². The van der Waals surface area contributed by atoms with E-state index in [-0.39, 0.29) is 11.7 Å². The van der Waals surface area contributed by atoms with Crippen molar-refractivity contribution in [1.29, 1.82) is 0 Å². The molecule has 0 saturated carbocycles. The van der Waals surface area contributed by atoms with Crippen LogP contribution in [0.1, 0.15) is 25.0 Å². The van der Waals surface area contributed by atoms with E-state index in [0.717, 1.165) is 34.1 Å². The summed E-state index contributed by atoms with van der Waals surface area (Å²) in [5.74, 6) is 0.221. The second kappa shape index (κ2) is 5.24. The monoisotopic (exact) mass is 331 g/mol. The van der Waals surface area contributed by atoms with Gasteiger partial charge >= 0.3 is 0 Å². The predicted octanol–water partition coefficient (Wildman–Crippen LogP) is 1.65. The van der Waals surface area contributed by atoms with Gasteiger partial charge in [0.15, 0.2) is 0 Å². The summed E-state index contributed by atoms with van der Waals surface area (Å²) in [6.45, 7) is 2.71. The molecule has 4 heterocycles. The minimum Gasteiger partial charge on any atom is -0.346 e. The predicted molar refractivity (Wildman–Crippen MR) is 87.6 cm³/mol. The summed E-state index contributed by atoms with van der Waals surface area (Å²) >= 11 is 0. The van der Waals surface area contributed by atoms with Crippen molar-refractivity contribution in [3.8, 4) is 0 Å². The highest BCUT2D eigenvalue weighted by Gasteiger charge is 2.33. The van der Waals surface area contributed by atoms with Crippen molar-refractivity contribution >= 4 is 32.0 Å². The van der Waals surface area contributed by atoms with E-state index in [2.05, 4.69) is 19.9 Å². The molecule has 0 amide bonds. The molecular weight excluding hydrogens is 314 g/mol. The third kappa shape index (κ3) is 2.29. The molecule has 1 aliphatic heterocycles. The van der Waals surface area contributed by atoms with Gasteiger partial charge in [-0.3, -0.25) is 0 Å². The van der Waals surface area contributed by atoms with Crippen LogP contribution in [0.15, 0.2) is 24.8 Å². The van der Waals surface area contributed by atoms with Crippen LogP contribution in [0.4, 0.5) is 0 Å². The van der Waals surface area contributed by atoms with Crippen LogP contribution in [-0.2, 0) is 10.0 Å². The molecule has 3 aromatic rings.